The van der Waals surface area contributed by atoms with Gasteiger partial charge in [-0.1, -0.05) is 42.4 Å². The summed E-state index contributed by atoms with van der Waals surface area (Å²) in [5.41, 5.74) is 7.03. The second-order valence-electron chi connectivity index (χ2n) is 4.54. The molecule has 1 heterocycles. The zero-order chi connectivity index (χ0) is 13.8. The van der Waals surface area contributed by atoms with Crippen molar-refractivity contribution in [2.75, 3.05) is 5.32 Å². The van der Waals surface area contributed by atoms with E-state index in [2.05, 4.69) is 10.5 Å². The Morgan fingerprint density at radius 2 is 2.05 bits per heavy atom. The molecule has 0 bridgehead atoms. The number of carbonyl (C=O) groups excluding carboxylic acids is 1. The van der Waals surface area contributed by atoms with Crippen LogP contribution in [-0.2, 0) is 4.79 Å². The Morgan fingerprint density at radius 1 is 1.37 bits per heavy atom. The van der Waals surface area contributed by atoms with Gasteiger partial charge in [-0.2, -0.15) is 0 Å². The minimum atomic E-state index is -0.362. The summed E-state index contributed by atoms with van der Waals surface area (Å²) in [6.45, 7) is 3.56. The molecule has 2 rings (SSSR count). The molecule has 5 nitrogen and oxygen atoms in total. The number of amides is 1. The van der Waals surface area contributed by atoms with E-state index >= 15 is 0 Å². The maximum atomic E-state index is 12.1. The van der Waals surface area contributed by atoms with Crippen LogP contribution >= 0.6 is 0 Å². The van der Waals surface area contributed by atoms with E-state index in [0.717, 1.165) is 5.56 Å². The number of aryl methyl sites for hydroxylation is 1. The predicted octanol–water partition coefficient (Wildman–Crippen LogP) is 2.26. The lowest BCUT2D eigenvalue weighted by molar-refractivity contribution is -0.120. The highest BCUT2D eigenvalue weighted by atomic mass is 16.5. The highest BCUT2D eigenvalue weighted by Gasteiger charge is 2.22. The fourth-order valence-electron chi connectivity index (χ4n) is 1.79. The summed E-state index contributed by atoms with van der Waals surface area (Å²) in [7, 11) is 0. The topological polar surface area (TPSA) is 81.2 Å². The van der Waals surface area contributed by atoms with Gasteiger partial charge in [0, 0.05) is 12.1 Å². The number of anilines is 1. The first-order chi connectivity index (χ1) is 9.08. The van der Waals surface area contributed by atoms with E-state index < -0.39 is 0 Å². The van der Waals surface area contributed by atoms with Gasteiger partial charge in [-0.05, 0) is 12.5 Å². The van der Waals surface area contributed by atoms with Gasteiger partial charge in [0.25, 0.3) is 0 Å². The first-order valence-electron chi connectivity index (χ1n) is 6.12. The maximum absolute atomic E-state index is 12.1. The quantitative estimate of drug-likeness (QED) is 0.882. The van der Waals surface area contributed by atoms with Crippen LogP contribution in [0.3, 0.4) is 0 Å². The molecule has 1 amide bonds. The number of hydrogen-bond donors (Lipinski definition) is 2. The number of carbonyl (C=O) groups is 1. The van der Waals surface area contributed by atoms with Gasteiger partial charge in [0.1, 0.15) is 5.76 Å². The van der Waals surface area contributed by atoms with Gasteiger partial charge in [0.05, 0.1) is 5.92 Å². The fraction of sp³-hybridized carbons (Fsp3) is 0.286. The second kappa shape index (κ2) is 5.67. The second-order valence-corrected chi connectivity index (χ2v) is 4.54. The summed E-state index contributed by atoms with van der Waals surface area (Å²) < 4.78 is 4.89. The van der Waals surface area contributed by atoms with Crippen molar-refractivity contribution in [2.24, 2.45) is 11.7 Å². The molecule has 19 heavy (non-hydrogen) atoms. The van der Waals surface area contributed by atoms with Crippen LogP contribution in [0.1, 0.15) is 24.3 Å². The fourth-order valence-corrected chi connectivity index (χ4v) is 1.79. The van der Waals surface area contributed by atoms with Crippen LogP contribution in [0.15, 0.2) is 40.9 Å². The Kier molecular flexibility index (Phi) is 3.97. The minimum absolute atomic E-state index is 0.176. The normalized spacial score (nSPS) is 13.8. The lowest BCUT2D eigenvalue weighted by Crippen LogP contribution is -2.30. The smallest absolute Gasteiger partial charge is 0.230 e. The molecular weight excluding hydrogens is 242 g/mol. The largest absolute Gasteiger partial charge is 0.360 e. The standard InChI is InChI=1S/C14H17N3O2/c1-9-8-12(17-19-9)16-14(18)10(2)13(15)11-6-4-3-5-7-11/h3-8,10,13H,15H2,1-2H3,(H,16,17,18). The van der Waals surface area contributed by atoms with Crippen molar-refractivity contribution < 1.29 is 9.32 Å². The number of hydrogen-bond acceptors (Lipinski definition) is 4. The molecule has 0 saturated carbocycles. The first-order valence-corrected chi connectivity index (χ1v) is 6.12. The Hall–Kier alpha value is -2.14. The van der Waals surface area contributed by atoms with Crippen LogP contribution in [0, 0.1) is 12.8 Å². The summed E-state index contributed by atoms with van der Waals surface area (Å²) in [6.07, 6.45) is 0. The number of nitrogens with one attached hydrogen (secondary N) is 1. The molecule has 0 aliphatic heterocycles. The van der Waals surface area contributed by atoms with Crippen molar-refractivity contribution in [2.45, 2.75) is 19.9 Å². The van der Waals surface area contributed by atoms with Crippen molar-refractivity contribution in [3.63, 3.8) is 0 Å². The number of aromatic nitrogens is 1. The van der Waals surface area contributed by atoms with Gasteiger partial charge in [0.15, 0.2) is 5.82 Å². The molecule has 0 radical (unpaired) electrons. The van der Waals surface area contributed by atoms with E-state index in [-0.39, 0.29) is 17.9 Å². The molecular formula is C14H17N3O2. The number of nitrogens with zero attached hydrogens (tertiary/aromatic N) is 1. The van der Waals surface area contributed by atoms with Gasteiger partial charge in [-0.15, -0.1) is 0 Å². The van der Waals surface area contributed by atoms with Gasteiger partial charge in [0.2, 0.25) is 5.91 Å². The van der Waals surface area contributed by atoms with E-state index in [1.807, 2.05) is 30.3 Å². The van der Waals surface area contributed by atoms with Gasteiger partial charge in [-0.25, -0.2) is 0 Å². The SMILES string of the molecule is Cc1cc(NC(=O)C(C)C(N)c2ccccc2)no1. The van der Waals surface area contributed by atoms with E-state index in [9.17, 15) is 4.79 Å². The number of benzene rings is 1. The van der Waals surface area contributed by atoms with E-state index in [4.69, 9.17) is 10.3 Å². The van der Waals surface area contributed by atoms with Crippen LogP contribution in [-0.4, -0.2) is 11.1 Å². The molecule has 2 unspecified atom stereocenters. The summed E-state index contributed by atoms with van der Waals surface area (Å²) in [5.74, 6) is 0.522. The first kappa shape index (κ1) is 13.3. The monoisotopic (exact) mass is 259 g/mol. The molecule has 0 saturated heterocycles. The average molecular weight is 259 g/mol. The molecule has 1 aromatic carbocycles. The Morgan fingerprint density at radius 3 is 2.63 bits per heavy atom. The maximum Gasteiger partial charge on any atom is 0.230 e. The number of rotatable bonds is 4. The molecule has 0 aliphatic rings. The van der Waals surface area contributed by atoms with Gasteiger partial charge >= 0.3 is 0 Å². The summed E-state index contributed by atoms with van der Waals surface area (Å²) in [4.78, 5) is 12.1. The van der Waals surface area contributed by atoms with Crippen LogP contribution < -0.4 is 11.1 Å². The van der Waals surface area contributed by atoms with Crippen molar-refractivity contribution in [1.29, 1.82) is 0 Å². The molecule has 5 heteroatoms. The Labute approximate surface area is 111 Å². The van der Waals surface area contributed by atoms with Gasteiger partial charge in [-0.3, -0.25) is 4.79 Å². The van der Waals surface area contributed by atoms with Crippen molar-refractivity contribution in [3.05, 3.63) is 47.7 Å². The molecule has 2 aromatic rings. The van der Waals surface area contributed by atoms with E-state index in [0.29, 0.717) is 11.6 Å². The van der Waals surface area contributed by atoms with Crippen LogP contribution in [0.5, 0.6) is 0 Å². The van der Waals surface area contributed by atoms with E-state index in [1.165, 1.54) is 0 Å². The average Bonchev–Trinajstić information content (AvgIpc) is 2.83. The van der Waals surface area contributed by atoms with Crippen LogP contribution in [0.25, 0.3) is 0 Å². The highest BCUT2D eigenvalue weighted by Crippen LogP contribution is 2.20. The summed E-state index contributed by atoms with van der Waals surface area (Å²) >= 11 is 0. The Bertz CT molecular complexity index is 551. The van der Waals surface area contributed by atoms with Crippen molar-refractivity contribution in [3.8, 4) is 0 Å². The molecule has 100 valence electrons. The van der Waals surface area contributed by atoms with Crippen LogP contribution in [0.4, 0.5) is 5.82 Å². The zero-order valence-electron chi connectivity index (χ0n) is 11.0. The summed E-state index contributed by atoms with van der Waals surface area (Å²) in [5, 5.41) is 6.41. The highest BCUT2D eigenvalue weighted by molar-refractivity contribution is 5.91. The van der Waals surface area contributed by atoms with E-state index in [1.54, 1.807) is 19.9 Å². The third-order valence-electron chi connectivity index (χ3n) is 3.02. The van der Waals surface area contributed by atoms with Crippen molar-refractivity contribution in [1.82, 2.24) is 5.16 Å². The molecule has 0 aliphatic carbocycles. The van der Waals surface area contributed by atoms with Gasteiger partial charge < -0.3 is 15.6 Å². The number of nitrogens with two attached hydrogens (primary N) is 1. The third-order valence-corrected chi connectivity index (χ3v) is 3.02. The minimum Gasteiger partial charge on any atom is -0.360 e. The molecule has 2 atom stereocenters. The zero-order valence-corrected chi connectivity index (χ0v) is 11.0. The predicted molar refractivity (Wildman–Crippen MR) is 72.4 cm³/mol. The van der Waals surface area contributed by atoms with Crippen LogP contribution in [0.2, 0.25) is 0 Å². The molecule has 3 N–H and O–H groups in total. The lowest BCUT2D eigenvalue weighted by Gasteiger charge is -2.19. The summed E-state index contributed by atoms with van der Waals surface area (Å²) in [6, 6.07) is 10.9. The molecule has 0 fully saturated rings. The van der Waals surface area contributed by atoms with Crippen molar-refractivity contribution >= 4 is 11.7 Å². The molecule has 1 aromatic heterocycles. The lowest BCUT2D eigenvalue weighted by atomic mass is 9.95. The Balaban J connectivity index is 2.03. The molecule has 0 spiro atoms. The third kappa shape index (κ3) is 3.20.